The van der Waals surface area contributed by atoms with E-state index in [1.54, 1.807) is 6.07 Å². The lowest BCUT2D eigenvalue weighted by atomic mass is 10.1. The molecule has 0 aliphatic heterocycles. The first kappa shape index (κ1) is 14.9. The van der Waals surface area contributed by atoms with Crippen LogP contribution in [0.4, 0.5) is 4.39 Å². The molecule has 1 aromatic heterocycles. The predicted octanol–water partition coefficient (Wildman–Crippen LogP) is 4.24. The van der Waals surface area contributed by atoms with Crippen LogP contribution >= 0.6 is 11.6 Å². The zero-order valence-corrected chi connectivity index (χ0v) is 12.2. The molecule has 2 aromatic rings. The molecule has 3 nitrogen and oxygen atoms in total. The third-order valence-corrected chi connectivity index (χ3v) is 3.36. The van der Waals surface area contributed by atoms with E-state index in [0.29, 0.717) is 17.9 Å². The van der Waals surface area contributed by atoms with Crippen LogP contribution in [0.2, 0.25) is 5.02 Å². The summed E-state index contributed by atoms with van der Waals surface area (Å²) in [5.74, 6) is 1.25. The number of benzene rings is 1. The normalized spacial score (nSPS) is 14.1. The molecular weight excluding hydrogens is 281 g/mol. The second kappa shape index (κ2) is 6.29. The Morgan fingerprint density at radius 1 is 1.35 bits per heavy atom. The van der Waals surface area contributed by atoms with Crippen molar-refractivity contribution < 1.29 is 13.5 Å². The number of hydrogen-bond donors (Lipinski definition) is 1. The molecule has 1 aromatic carbocycles. The molecule has 0 saturated heterocycles. The lowest BCUT2D eigenvalue weighted by Crippen LogP contribution is -2.31. The minimum atomic E-state index is -0.524. The minimum absolute atomic E-state index is 0.0579. The Morgan fingerprint density at radius 3 is 2.65 bits per heavy atom. The van der Waals surface area contributed by atoms with Crippen LogP contribution in [0.25, 0.3) is 0 Å². The summed E-state index contributed by atoms with van der Waals surface area (Å²) in [6, 6.07) is 7.72. The fourth-order valence-corrected chi connectivity index (χ4v) is 1.99. The summed E-state index contributed by atoms with van der Waals surface area (Å²) in [5.41, 5.74) is 6.07. The van der Waals surface area contributed by atoms with E-state index < -0.39 is 11.9 Å². The van der Waals surface area contributed by atoms with Crippen molar-refractivity contribution >= 4 is 11.6 Å². The van der Waals surface area contributed by atoms with Gasteiger partial charge in [-0.05, 0) is 37.6 Å². The highest BCUT2D eigenvalue weighted by Gasteiger charge is 2.24. The number of nitrogens with two attached hydrogens (primary N) is 1. The van der Waals surface area contributed by atoms with Crippen molar-refractivity contribution in [1.29, 1.82) is 0 Å². The molecule has 2 unspecified atom stereocenters. The number of hydrogen-bond acceptors (Lipinski definition) is 3. The average molecular weight is 298 g/mol. The Bertz CT molecular complexity index is 585. The van der Waals surface area contributed by atoms with E-state index in [1.165, 1.54) is 12.1 Å². The predicted molar refractivity (Wildman–Crippen MR) is 76.5 cm³/mol. The summed E-state index contributed by atoms with van der Waals surface area (Å²) >= 11 is 5.65. The summed E-state index contributed by atoms with van der Waals surface area (Å²) in [4.78, 5) is 0. The van der Waals surface area contributed by atoms with Crippen LogP contribution in [-0.2, 0) is 0 Å². The van der Waals surface area contributed by atoms with Gasteiger partial charge >= 0.3 is 0 Å². The van der Waals surface area contributed by atoms with Crippen molar-refractivity contribution in [2.75, 3.05) is 0 Å². The number of halogens is 2. The maximum absolute atomic E-state index is 13.5. The molecular formula is C15H17ClFNO2. The van der Waals surface area contributed by atoms with Gasteiger partial charge in [0, 0.05) is 12.1 Å². The van der Waals surface area contributed by atoms with Gasteiger partial charge in [-0.15, -0.1) is 0 Å². The molecule has 0 radical (unpaired) electrons. The van der Waals surface area contributed by atoms with Gasteiger partial charge in [-0.1, -0.05) is 18.5 Å². The molecule has 0 fully saturated rings. The van der Waals surface area contributed by atoms with E-state index in [1.807, 2.05) is 26.0 Å². The third-order valence-electron chi connectivity index (χ3n) is 3.06. The molecule has 2 N–H and O–H groups in total. The van der Waals surface area contributed by atoms with E-state index in [4.69, 9.17) is 26.5 Å². The van der Waals surface area contributed by atoms with Crippen LogP contribution in [-0.4, -0.2) is 6.04 Å². The van der Waals surface area contributed by atoms with Crippen LogP contribution in [0.1, 0.15) is 31.0 Å². The Hall–Kier alpha value is -1.52. The van der Waals surface area contributed by atoms with Gasteiger partial charge in [0.2, 0.25) is 0 Å². The molecule has 0 bridgehead atoms. The monoisotopic (exact) mass is 297 g/mol. The second-order valence-electron chi connectivity index (χ2n) is 4.63. The summed E-state index contributed by atoms with van der Waals surface area (Å²) < 4.78 is 24.8. The van der Waals surface area contributed by atoms with Crippen LogP contribution < -0.4 is 10.5 Å². The van der Waals surface area contributed by atoms with Gasteiger partial charge in [-0.25, -0.2) is 4.39 Å². The lowest BCUT2D eigenvalue weighted by molar-refractivity contribution is 0.143. The highest BCUT2D eigenvalue weighted by atomic mass is 35.5. The fraction of sp³-hybridized carbons (Fsp3) is 0.333. The third kappa shape index (κ3) is 3.32. The quantitative estimate of drug-likeness (QED) is 0.898. The topological polar surface area (TPSA) is 48.4 Å². The Balaban J connectivity index is 2.25. The van der Waals surface area contributed by atoms with Gasteiger partial charge in [-0.3, -0.25) is 0 Å². The fourth-order valence-electron chi connectivity index (χ4n) is 1.87. The zero-order valence-electron chi connectivity index (χ0n) is 11.4. The van der Waals surface area contributed by atoms with Gasteiger partial charge in [-0.2, -0.15) is 0 Å². The van der Waals surface area contributed by atoms with Crippen molar-refractivity contribution in [2.45, 2.75) is 32.4 Å². The van der Waals surface area contributed by atoms with Gasteiger partial charge in [0.1, 0.15) is 23.1 Å². The lowest BCUT2D eigenvalue weighted by Gasteiger charge is -2.22. The highest BCUT2D eigenvalue weighted by molar-refractivity contribution is 6.30. The molecule has 0 aliphatic carbocycles. The van der Waals surface area contributed by atoms with E-state index in [-0.39, 0.29) is 11.1 Å². The Kier molecular flexibility index (Phi) is 4.68. The standard InChI is InChI=1S/C15H17ClFNO2/c1-3-13(18)15(14-7-4-9(2)19-14)20-10-5-6-11(16)12(17)8-10/h4-8,13,15H,3,18H2,1-2H3. The summed E-state index contributed by atoms with van der Waals surface area (Å²) in [6.07, 6.45) is 0.245. The summed E-state index contributed by atoms with van der Waals surface area (Å²) in [6.45, 7) is 3.80. The number of aryl methyl sites for hydroxylation is 1. The van der Waals surface area contributed by atoms with E-state index in [9.17, 15) is 4.39 Å². The second-order valence-corrected chi connectivity index (χ2v) is 5.04. The van der Waals surface area contributed by atoms with E-state index >= 15 is 0 Å². The molecule has 1 heterocycles. The smallest absolute Gasteiger partial charge is 0.171 e. The molecule has 108 valence electrons. The molecule has 0 aliphatic rings. The molecule has 2 atom stereocenters. The molecule has 0 spiro atoms. The first-order valence-electron chi connectivity index (χ1n) is 6.45. The van der Waals surface area contributed by atoms with Crippen LogP contribution in [0.3, 0.4) is 0 Å². The molecule has 5 heteroatoms. The van der Waals surface area contributed by atoms with Gasteiger partial charge in [0.25, 0.3) is 0 Å². The van der Waals surface area contributed by atoms with Crippen molar-refractivity contribution in [2.24, 2.45) is 5.73 Å². The SMILES string of the molecule is CCC(N)C(Oc1ccc(Cl)c(F)c1)c1ccc(C)o1. The Labute approximate surface area is 122 Å². The number of furan rings is 1. The zero-order chi connectivity index (χ0) is 14.7. The maximum Gasteiger partial charge on any atom is 0.171 e. The first-order valence-corrected chi connectivity index (χ1v) is 6.82. The van der Waals surface area contributed by atoms with E-state index in [2.05, 4.69) is 0 Å². The Morgan fingerprint density at radius 2 is 2.10 bits per heavy atom. The van der Waals surface area contributed by atoms with Crippen molar-refractivity contribution in [3.8, 4) is 5.75 Å². The molecule has 2 rings (SSSR count). The van der Waals surface area contributed by atoms with Gasteiger partial charge in [0.15, 0.2) is 6.10 Å². The van der Waals surface area contributed by atoms with Gasteiger partial charge < -0.3 is 14.9 Å². The molecule has 0 saturated carbocycles. The highest BCUT2D eigenvalue weighted by Crippen LogP contribution is 2.29. The molecule has 0 amide bonds. The van der Waals surface area contributed by atoms with Crippen molar-refractivity contribution in [3.63, 3.8) is 0 Å². The van der Waals surface area contributed by atoms with Crippen molar-refractivity contribution in [1.82, 2.24) is 0 Å². The summed E-state index contributed by atoms with van der Waals surface area (Å²) in [7, 11) is 0. The summed E-state index contributed by atoms with van der Waals surface area (Å²) in [5, 5.41) is 0.0579. The van der Waals surface area contributed by atoms with Crippen molar-refractivity contribution in [3.05, 3.63) is 52.7 Å². The van der Waals surface area contributed by atoms with Gasteiger partial charge in [0.05, 0.1) is 5.02 Å². The average Bonchev–Trinajstić information content (AvgIpc) is 2.85. The van der Waals surface area contributed by atoms with Crippen LogP contribution in [0.5, 0.6) is 5.75 Å². The van der Waals surface area contributed by atoms with E-state index in [0.717, 1.165) is 5.76 Å². The van der Waals surface area contributed by atoms with Crippen LogP contribution in [0, 0.1) is 12.7 Å². The molecule has 20 heavy (non-hydrogen) atoms. The minimum Gasteiger partial charge on any atom is -0.481 e. The number of ether oxygens (including phenoxy) is 1. The maximum atomic E-state index is 13.5. The largest absolute Gasteiger partial charge is 0.481 e. The first-order chi connectivity index (χ1) is 9.51. The van der Waals surface area contributed by atoms with Crippen LogP contribution in [0.15, 0.2) is 34.7 Å². The number of rotatable bonds is 5.